The molecule has 1 aliphatic carbocycles. The Morgan fingerprint density at radius 3 is 2.72 bits per heavy atom. The van der Waals surface area contributed by atoms with Gasteiger partial charge in [-0.05, 0) is 48.7 Å². The Bertz CT molecular complexity index is 670. The zero-order chi connectivity index (χ0) is 12.9. The van der Waals surface area contributed by atoms with E-state index in [2.05, 4.69) is 45.8 Å². The summed E-state index contributed by atoms with van der Waals surface area (Å²) in [6, 6.07) is 2.09. The third kappa shape index (κ3) is 2.06. The molecule has 2 aromatic heterocycles. The molecule has 1 saturated carbocycles. The van der Waals surface area contributed by atoms with Gasteiger partial charge in [0.25, 0.3) is 5.56 Å². The van der Waals surface area contributed by atoms with E-state index in [-0.39, 0.29) is 5.56 Å². The second-order valence-corrected chi connectivity index (χ2v) is 6.97. The highest BCUT2D eigenvalue weighted by atomic mass is 79.9. The maximum Gasteiger partial charge on any atom is 0.265 e. The number of aromatic nitrogens is 2. The average Bonchev–Trinajstić information content (AvgIpc) is 3.08. The van der Waals surface area contributed by atoms with Crippen molar-refractivity contribution in [3.05, 3.63) is 36.3 Å². The normalized spacial score (nSPS) is 15.1. The molecule has 0 unspecified atom stereocenters. The Morgan fingerprint density at radius 1 is 1.44 bits per heavy atom. The number of hydrogen-bond donors (Lipinski definition) is 1. The Kier molecular flexibility index (Phi) is 2.90. The van der Waals surface area contributed by atoms with Crippen molar-refractivity contribution in [3.63, 3.8) is 0 Å². The highest BCUT2D eigenvalue weighted by Gasteiger charge is 2.29. The minimum absolute atomic E-state index is 0.0786. The summed E-state index contributed by atoms with van der Waals surface area (Å²) < 4.78 is 0.596. The minimum Gasteiger partial charge on any atom is -0.306 e. The molecule has 0 bridgehead atoms. The van der Waals surface area contributed by atoms with Gasteiger partial charge in [0.15, 0.2) is 0 Å². The van der Waals surface area contributed by atoms with Crippen LogP contribution in [0.5, 0.6) is 0 Å². The van der Waals surface area contributed by atoms with Gasteiger partial charge in [-0.15, -0.1) is 11.3 Å². The second-order valence-electron chi connectivity index (χ2n) is 4.71. The molecule has 94 valence electrons. The van der Waals surface area contributed by atoms with Gasteiger partial charge in [0.05, 0.1) is 5.69 Å². The number of thiophene rings is 1. The first-order valence-electron chi connectivity index (χ1n) is 5.93. The number of halogens is 1. The largest absolute Gasteiger partial charge is 0.306 e. The molecule has 0 atom stereocenters. The van der Waals surface area contributed by atoms with E-state index >= 15 is 0 Å². The number of aryl methyl sites for hydroxylation is 2. The number of nitrogens with zero attached hydrogens (tertiary/aromatic N) is 1. The van der Waals surface area contributed by atoms with E-state index in [1.54, 1.807) is 11.3 Å². The SMILES string of the molecule is Cc1cc(-c2nc(C3CC3)c(Br)c(=O)[nH]2)c(C)s1. The fourth-order valence-corrected chi connectivity index (χ4v) is 3.53. The second kappa shape index (κ2) is 4.31. The van der Waals surface area contributed by atoms with Crippen LogP contribution in [0.15, 0.2) is 15.3 Å². The van der Waals surface area contributed by atoms with E-state index in [0.717, 1.165) is 24.1 Å². The van der Waals surface area contributed by atoms with Crippen molar-refractivity contribution in [1.29, 1.82) is 0 Å². The van der Waals surface area contributed by atoms with E-state index in [4.69, 9.17) is 0 Å². The van der Waals surface area contributed by atoms with Crippen molar-refractivity contribution >= 4 is 27.3 Å². The number of H-pyrrole nitrogens is 1. The third-order valence-corrected chi connectivity index (χ3v) is 4.88. The average molecular weight is 325 g/mol. The number of rotatable bonds is 2. The zero-order valence-corrected chi connectivity index (χ0v) is 12.6. The third-order valence-electron chi connectivity index (χ3n) is 3.15. The molecular formula is C13H13BrN2OS. The summed E-state index contributed by atoms with van der Waals surface area (Å²) in [6.45, 7) is 4.13. The van der Waals surface area contributed by atoms with Gasteiger partial charge in [-0.3, -0.25) is 4.79 Å². The maximum atomic E-state index is 11.9. The molecule has 18 heavy (non-hydrogen) atoms. The van der Waals surface area contributed by atoms with Crippen LogP contribution >= 0.6 is 27.3 Å². The van der Waals surface area contributed by atoms with Gasteiger partial charge in [0.1, 0.15) is 10.3 Å². The predicted octanol–water partition coefficient (Wildman–Crippen LogP) is 3.76. The van der Waals surface area contributed by atoms with Crippen LogP contribution in [0.4, 0.5) is 0 Å². The summed E-state index contributed by atoms with van der Waals surface area (Å²) in [5.41, 5.74) is 1.88. The molecule has 0 saturated heterocycles. The molecule has 1 aliphatic rings. The van der Waals surface area contributed by atoms with Crippen LogP contribution in [0.2, 0.25) is 0 Å². The van der Waals surface area contributed by atoms with Crippen LogP contribution in [-0.4, -0.2) is 9.97 Å². The number of aromatic amines is 1. The summed E-state index contributed by atoms with van der Waals surface area (Å²) >= 11 is 5.08. The van der Waals surface area contributed by atoms with Crippen LogP contribution in [0, 0.1) is 13.8 Å². The Morgan fingerprint density at radius 2 is 2.17 bits per heavy atom. The van der Waals surface area contributed by atoms with Crippen LogP contribution in [0.3, 0.4) is 0 Å². The first-order chi connectivity index (χ1) is 8.56. The van der Waals surface area contributed by atoms with Crippen molar-refractivity contribution in [2.75, 3.05) is 0 Å². The molecular weight excluding hydrogens is 312 g/mol. The fourth-order valence-electron chi connectivity index (χ4n) is 2.10. The molecule has 0 aliphatic heterocycles. The lowest BCUT2D eigenvalue weighted by molar-refractivity contribution is 0.960. The molecule has 3 nitrogen and oxygen atoms in total. The van der Waals surface area contributed by atoms with Crippen molar-refractivity contribution in [3.8, 4) is 11.4 Å². The quantitative estimate of drug-likeness (QED) is 0.914. The molecule has 0 radical (unpaired) electrons. The fraction of sp³-hybridized carbons (Fsp3) is 0.385. The highest BCUT2D eigenvalue weighted by molar-refractivity contribution is 9.10. The maximum absolute atomic E-state index is 11.9. The van der Waals surface area contributed by atoms with Crippen LogP contribution in [0.25, 0.3) is 11.4 Å². The molecule has 2 heterocycles. The summed E-state index contributed by atoms with van der Waals surface area (Å²) in [4.78, 5) is 21.9. The molecule has 0 aromatic carbocycles. The lowest BCUT2D eigenvalue weighted by Gasteiger charge is -2.05. The van der Waals surface area contributed by atoms with E-state index in [0.29, 0.717) is 16.2 Å². The van der Waals surface area contributed by atoms with Crippen LogP contribution in [0.1, 0.15) is 34.2 Å². The van der Waals surface area contributed by atoms with Crippen molar-refractivity contribution in [2.45, 2.75) is 32.6 Å². The van der Waals surface area contributed by atoms with Gasteiger partial charge < -0.3 is 4.98 Å². The summed E-state index contributed by atoms with van der Waals surface area (Å²) in [7, 11) is 0. The highest BCUT2D eigenvalue weighted by Crippen LogP contribution is 2.41. The smallest absolute Gasteiger partial charge is 0.265 e. The van der Waals surface area contributed by atoms with Gasteiger partial charge in [-0.25, -0.2) is 4.98 Å². The van der Waals surface area contributed by atoms with Crippen LogP contribution in [-0.2, 0) is 0 Å². The summed E-state index contributed by atoms with van der Waals surface area (Å²) in [6.07, 6.45) is 2.27. The Labute approximate surface area is 117 Å². The number of nitrogens with one attached hydrogen (secondary N) is 1. The molecule has 3 rings (SSSR count). The predicted molar refractivity (Wildman–Crippen MR) is 77.3 cm³/mol. The molecule has 0 amide bonds. The lowest BCUT2D eigenvalue weighted by atomic mass is 10.2. The Hall–Kier alpha value is -0.940. The molecule has 1 N–H and O–H groups in total. The van der Waals surface area contributed by atoms with Gasteiger partial charge in [-0.1, -0.05) is 0 Å². The van der Waals surface area contributed by atoms with Gasteiger partial charge in [0, 0.05) is 21.2 Å². The molecule has 1 fully saturated rings. The Balaban J connectivity index is 2.18. The zero-order valence-electron chi connectivity index (χ0n) is 10.2. The standard InChI is InChI=1S/C13H13BrN2OS/c1-6-5-9(7(2)18-6)12-15-11(8-3-4-8)10(14)13(17)16-12/h5,8H,3-4H2,1-2H3,(H,15,16,17). The lowest BCUT2D eigenvalue weighted by Crippen LogP contribution is -2.13. The first-order valence-corrected chi connectivity index (χ1v) is 7.54. The topological polar surface area (TPSA) is 45.8 Å². The number of hydrogen-bond acceptors (Lipinski definition) is 3. The van der Waals surface area contributed by atoms with Gasteiger partial charge in [-0.2, -0.15) is 0 Å². The van der Waals surface area contributed by atoms with Gasteiger partial charge in [0.2, 0.25) is 0 Å². The van der Waals surface area contributed by atoms with Crippen molar-refractivity contribution < 1.29 is 0 Å². The summed E-state index contributed by atoms with van der Waals surface area (Å²) in [5, 5.41) is 0. The summed E-state index contributed by atoms with van der Waals surface area (Å²) in [5.74, 6) is 1.16. The van der Waals surface area contributed by atoms with Gasteiger partial charge >= 0.3 is 0 Å². The monoisotopic (exact) mass is 324 g/mol. The molecule has 2 aromatic rings. The van der Waals surface area contributed by atoms with E-state index in [9.17, 15) is 4.79 Å². The molecule has 5 heteroatoms. The van der Waals surface area contributed by atoms with E-state index < -0.39 is 0 Å². The minimum atomic E-state index is -0.0786. The van der Waals surface area contributed by atoms with Crippen LogP contribution < -0.4 is 5.56 Å². The van der Waals surface area contributed by atoms with Crippen molar-refractivity contribution in [2.24, 2.45) is 0 Å². The van der Waals surface area contributed by atoms with E-state index in [1.165, 1.54) is 9.75 Å². The molecule has 0 spiro atoms. The van der Waals surface area contributed by atoms with Crippen molar-refractivity contribution in [1.82, 2.24) is 9.97 Å². The first kappa shape index (κ1) is 12.1. The van der Waals surface area contributed by atoms with E-state index in [1.807, 2.05) is 0 Å².